The lowest BCUT2D eigenvalue weighted by molar-refractivity contribution is 0.0941. The lowest BCUT2D eigenvalue weighted by atomic mass is 9.83. The van der Waals surface area contributed by atoms with Crippen LogP contribution in [0.25, 0.3) is 0 Å². The maximum atomic E-state index is 12.3. The summed E-state index contributed by atoms with van der Waals surface area (Å²) >= 11 is 6.01. The minimum atomic E-state index is -0.0418. The summed E-state index contributed by atoms with van der Waals surface area (Å²) in [7, 11) is 0. The average Bonchev–Trinajstić information content (AvgIpc) is 2.45. The molecule has 21 heavy (non-hydrogen) atoms. The minimum Gasteiger partial charge on any atom is -0.352 e. The molecule has 1 saturated carbocycles. The van der Waals surface area contributed by atoms with Gasteiger partial charge >= 0.3 is 0 Å². The third-order valence-corrected chi connectivity index (χ3v) is 4.55. The summed E-state index contributed by atoms with van der Waals surface area (Å²) in [5.41, 5.74) is 1.47. The van der Waals surface area contributed by atoms with Crippen LogP contribution in [0.5, 0.6) is 0 Å². The van der Waals surface area contributed by atoms with E-state index < -0.39 is 0 Å². The Hall–Kier alpha value is -1.09. The summed E-state index contributed by atoms with van der Waals surface area (Å²) in [6.07, 6.45) is 4.99. The van der Waals surface area contributed by atoms with Crippen molar-refractivity contribution in [3.05, 3.63) is 28.5 Å². The molecule has 0 aliphatic heterocycles. The molecule has 1 aliphatic rings. The van der Waals surface area contributed by atoms with Crippen molar-refractivity contribution < 1.29 is 4.79 Å². The standard InChI is InChI=1S/C17H25ClN2O/c1-11(2)15-8-14(9-16(18)20-15)17(21)19-10-13-6-4-12(3)5-7-13/h8-9,11-13H,4-7,10H2,1-3H3,(H,19,21). The highest BCUT2D eigenvalue weighted by molar-refractivity contribution is 6.29. The molecule has 1 aromatic rings. The summed E-state index contributed by atoms with van der Waals surface area (Å²) < 4.78 is 0. The van der Waals surface area contributed by atoms with Crippen LogP contribution in [0.15, 0.2) is 12.1 Å². The first-order valence-electron chi connectivity index (χ1n) is 7.91. The number of nitrogens with zero attached hydrogens (tertiary/aromatic N) is 1. The molecule has 0 spiro atoms. The van der Waals surface area contributed by atoms with Gasteiger partial charge in [0, 0.05) is 17.8 Å². The van der Waals surface area contributed by atoms with Gasteiger partial charge in [0.05, 0.1) is 0 Å². The Labute approximate surface area is 132 Å². The SMILES string of the molecule is CC1CCC(CNC(=O)c2cc(Cl)nc(C(C)C)c2)CC1. The normalized spacial score (nSPS) is 22.3. The fraction of sp³-hybridized carbons (Fsp3) is 0.647. The van der Waals surface area contributed by atoms with Gasteiger partial charge in [-0.3, -0.25) is 4.79 Å². The van der Waals surface area contributed by atoms with E-state index in [1.165, 1.54) is 25.7 Å². The van der Waals surface area contributed by atoms with Crippen molar-refractivity contribution in [1.82, 2.24) is 10.3 Å². The predicted molar refractivity (Wildman–Crippen MR) is 86.8 cm³/mol. The van der Waals surface area contributed by atoms with Crippen molar-refractivity contribution in [1.29, 1.82) is 0 Å². The van der Waals surface area contributed by atoms with Crippen molar-refractivity contribution >= 4 is 17.5 Å². The maximum absolute atomic E-state index is 12.3. The Balaban J connectivity index is 1.94. The largest absolute Gasteiger partial charge is 0.352 e. The van der Waals surface area contributed by atoms with E-state index in [1.807, 2.05) is 19.9 Å². The molecule has 2 rings (SSSR count). The van der Waals surface area contributed by atoms with Gasteiger partial charge in [-0.15, -0.1) is 0 Å². The third-order valence-electron chi connectivity index (χ3n) is 4.35. The van der Waals surface area contributed by atoms with Crippen LogP contribution in [0, 0.1) is 11.8 Å². The molecule has 0 bridgehead atoms. The van der Waals surface area contributed by atoms with Crippen LogP contribution in [0.4, 0.5) is 0 Å². The van der Waals surface area contributed by atoms with Gasteiger partial charge in [0.25, 0.3) is 5.91 Å². The van der Waals surface area contributed by atoms with Crippen LogP contribution in [0.1, 0.15) is 68.4 Å². The number of hydrogen-bond acceptors (Lipinski definition) is 2. The number of carbonyl (C=O) groups excluding carboxylic acids is 1. The van der Waals surface area contributed by atoms with Gasteiger partial charge in [-0.1, -0.05) is 45.2 Å². The molecule has 0 unspecified atom stereocenters. The van der Waals surface area contributed by atoms with Crippen LogP contribution < -0.4 is 5.32 Å². The Bertz CT molecular complexity index is 494. The number of rotatable bonds is 4. The fourth-order valence-corrected chi connectivity index (χ4v) is 3.03. The van der Waals surface area contributed by atoms with Crippen LogP contribution >= 0.6 is 11.6 Å². The highest BCUT2D eigenvalue weighted by Crippen LogP contribution is 2.27. The van der Waals surface area contributed by atoms with E-state index in [1.54, 1.807) is 6.07 Å². The summed E-state index contributed by atoms with van der Waals surface area (Å²) in [6, 6.07) is 3.49. The topological polar surface area (TPSA) is 42.0 Å². The molecule has 1 aliphatic carbocycles. The zero-order valence-electron chi connectivity index (χ0n) is 13.2. The molecule has 0 saturated heterocycles. The van der Waals surface area contributed by atoms with Crippen molar-refractivity contribution in [3.8, 4) is 0 Å². The number of pyridine rings is 1. The molecule has 1 heterocycles. The lowest BCUT2D eigenvalue weighted by Gasteiger charge is -2.26. The van der Waals surface area contributed by atoms with Gasteiger partial charge in [0.1, 0.15) is 5.15 Å². The van der Waals surface area contributed by atoms with Gasteiger partial charge in [-0.25, -0.2) is 4.98 Å². The van der Waals surface area contributed by atoms with Gasteiger partial charge in [-0.05, 0) is 42.7 Å². The Morgan fingerprint density at radius 1 is 1.33 bits per heavy atom. The summed E-state index contributed by atoms with van der Waals surface area (Å²) in [4.78, 5) is 16.5. The minimum absolute atomic E-state index is 0.0418. The maximum Gasteiger partial charge on any atom is 0.251 e. The molecule has 1 fully saturated rings. The summed E-state index contributed by atoms with van der Waals surface area (Å²) in [5.74, 6) is 1.67. The number of hydrogen-bond donors (Lipinski definition) is 1. The van der Waals surface area contributed by atoms with Gasteiger partial charge in [-0.2, -0.15) is 0 Å². The van der Waals surface area contributed by atoms with Gasteiger partial charge < -0.3 is 5.32 Å². The third kappa shape index (κ3) is 4.70. The fourth-order valence-electron chi connectivity index (χ4n) is 2.82. The van der Waals surface area contributed by atoms with E-state index in [-0.39, 0.29) is 11.8 Å². The molecule has 0 radical (unpaired) electrons. The highest BCUT2D eigenvalue weighted by atomic mass is 35.5. The van der Waals surface area contributed by atoms with Gasteiger partial charge in [0.15, 0.2) is 0 Å². The predicted octanol–water partition coefficient (Wildman–Crippen LogP) is 4.41. The smallest absolute Gasteiger partial charge is 0.251 e. The summed E-state index contributed by atoms with van der Waals surface area (Å²) in [5, 5.41) is 3.44. The number of halogens is 1. The number of carbonyl (C=O) groups is 1. The van der Waals surface area contributed by atoms with Crippen molar-refractivity contribution in [2.75, 3.05) is 6.54 Å². The second-order valence-corrected chi connectivity index (χ2v) is 6.98. The van der Waals surface area contributed by atoms with Crippen LogP contribution in [-0.4, -0.2) is 17.4 Å². The molecular weight excluding hydrogens is 284 g/mol. The number of nitrogens with one attached hydrogen (secondary N) is 1. The van der Waals surface area contributed by atoms with Crippen molar-refractivity contribution in [3.63, 3.8) is 0 Å². The monoisotopic (exact) mass is 308 g/mol. The second-order valence-electron chi connectivity index (χ2n) is 6.59. The van der Waals surface area contributed by atoms with Gasteiger partial charge in [0.2, 0.25) is 0 Å². The second kappa shape index (κ2) is 7.26. The molecule has 3 nitrogen and oxygen atoms in total. The Kier molecular flexibility index (Phi) is 5.63. The molecule has 4 heteroatoms. The van der Waals surface area contributed by atoms with E-state index in [0.29, 0.717) is 16.6 Å². The van der Waals surface area contributed by atoms with E-state index in [2.05, 4.69) is 17.2 Å². The molecule has 0 atom stereocenters. The molecule has 1 N–H and O–H groups in total. The van der Waals surface area contributed by atoms with E-state index in [9.17, 15) is 4.79 Å². The quantitative estimate of drug-likeness (QED) is 0.837. The van der Waals surface area contributed by atoms with E-state index in [4.69, 9.17) is 11.6 Å². The van der Waals surface area contributed by atoms with Crippen LogP contribution in [0.3, 0.4) is 0 Å². The number of amides is 1. The van der Waals surface area contributed by atoms with Crippen LogP contribution in [-0.2, 0) is 0 Å². The van der Waals surface area contributed by atoms with Crippen molar-refractivity contribution in [2.24, 2.45) is 11.8 Å². The Morgan fingerprint density at radius 2 is 2.00 bits per heavy atom. The highest BCUT2D eigenvalue weighted by Gasteiger charge is 2.19. The summed E-state index contributed by atoms with van der Waals surface area (Å²) in [6.45, 7) is 7.16. The first-order valence-corrected chi connectivity index (χ1v) is 8.29. The molecule has 1 amide bonds. The zero-order chi connectivity index (χ0) is 15.4. The van der Waals surface area contributed by atoms with Crippen molar-refractivity contribution in [2.45, 2.75) is 52.4 Å². The lowest BCUT2D eigenvalue weighted by Crippen LogP contribution is -2.31. The molecule has 0 aromatic carbocycles. The van der Waals surface area contributed by atoms with E-state index in [0.717, 1.165) is 18.2 Å². The molecular formula is C17H25ClN2O. The van der Waals surface area contributed by atoms with E-state index >= 15 is 0 Å². The number of aromatic nitrogens is 1. The average molecular weight is 309 g/mol. The molecule has 1 aromatic heterocycles. The first-order chi connectivity index (χ1) is 9.95. The Morgan fingerprint density at radius 3 is 2.62 bits per heavy atom. The van der Waals surface area contributed by atoms with Crippen LogP contribution in [0.2, 0.25) is 5.15 Å². The first kappa shape index (κ1) is 16.3. The zero-order valence-corrected chi connectivity index (χ0v) is 13.9. The molecule has 116 valence electrons.